The molecule has 0 atom stereocenters. The standard InChI is InChI=1S/C20H18Cl2N4/c1-12-6-8-26(20-24-9-14(21)10-25-20)11-17(12)13(2)15-3-4-18(22)19-16(15)5-7-23-19/h3-5,7,9-10,23H,1,6,8,11H2,2H3/b17-13+. The Balaban J connectivity index is 1.75. The number of piperidine rings is 1. The van der Waals surface area contributed by atoms with Gasteiger partial charge in [-0.25, -0.2) is 9.97 Å². The molecule has 4 rings (SSSR count). The molecular weight excluding hydrogens is 367 g/mol. The van der Waals surface area contributed by atoms with Crippen molar-refractivity contribution in [2.24, 2.45) is 0 Å². The van der Waals surface area contributed by atoms with Crippen LogP contribution in [-0.4, -0.2) is 28.0 Å². The normalized spacial score (nSPS) is 17.0. The fourth-order valence-corrected chi connectivity index (χ4v) is 3.75. The molecule has 1 N–H and O–H groups in total. The van der Waals surface area contributed by atoms with E-state index in [2.05, 4.69) is 45.5 Å². The van der Waals surface area contributed by atoms with E-state index in [1.807, 2.05) is 12.3 Å². The van der Waals surface area contributed by atoms with Crippen molar-refractivity contribution in [3.8, 4) is 0 Å². The molecule has 132 valence electrons. The van der Waals surface area contributed by atoms with Crippen LogP contribution in [0.3, 0.4) is 0 Å². The summed E-state index contributed by atoms with van der Waals surface area (Å²) >= 11 is 12.2. The van der Waals surface area contributed by atoms with Gasteiger partial charge in [0.05, 0.1) is 28.0 Å². The fraction of sp³-hybridized carbons (Fsp3) is 0.200. The molecule has 0 unspecified atom stereocenters. The highest BCUT2D eigenvalue weighted by atomic mass is 35.5. The zero-order valence-corrected chi connectivity index (χ0v) is 15.9. The zero-order valence-electron chi connectivity index (χ0n) is 14.4. The number of nitrogens with zero attached hydrogens (tertiary/aromatic N) is 3. The van der Waals surface area contributed by atoms with E-state index >= 15 is 0 Å². The van der Waals surface area contributed by atoms with Gasteiger partial charge in [-0.05, 0) is 47.8 Å². The molecule has 0 bridgehead atoms. The van der Waals surface area contributed by atoms with Crippen LogP contribution in [0.1, 0.15) is 18.9 Å². The number of hydrogen-bond donors (Lipinski definition) is 1. The van der Waals surface area contributed by atoms with Gasteiger partial charge < -0.3 is 9.88 Å². The fourth-order valence-electron chi connectivity index (χ4n) is 3.44. The molecule has 3 aromatic rings. The van der Waals surface area contributed by atoms with Crippen LogP contribution in [0.4, 0.5) is 5.95 Å². The van der Waals surface area contributed by atoms with E-state index in [-0.39, 0.29) is 0 Å². The van der Waals surface area contributed by atoms with Crippen LogP contribution in [0.2, 0.25) is 10.0 Å². The molecule has 6 heteroatoms. The number of halogens is 2. The van der Waals surface area contributed by atoms with Crippen LogP contribution in [0, 0.1) is 0 Å². The number of hydrogen-bond acceptors (Lipinski definition) is 3. The molecule has 1 fully saturated rings. The third kappa shape index (κ3) is 3.00. The van der Waals surface area contributed by atoms with Crippen LogP contribution in [0.25, 0.3) is 16.5 Å². The maximum atomic E-state index is 6.31. The largest absolute Gasteiger partial charge is 0.360 e. The molecule has 0 aliphatic carbocycles. The highest BCUT2D eigenvalue weighted by Crippen LogP contribution is 2.35. The third-order valence-corrected chi connectivity index (χ3v) is 5.39. The van der Waals surface area contributed by atoms with Crippen LogP contribution in [0.15, 0.2) is 54.5 Å². The molecule has 0 spiro atoms. The molecule has 1 aliphatic heterocycles. The van der Waals surface area contributed by atoms with Gasteiger partial charge in [-0.3, -0.25) is 0 Å². The molecule has 3 heterocycles. The average Bonchev–Trinajstić information content (AvgIpc) is 3.13. The van der Waals surface area contributed by atoms with E-state index in [0.717, 1.165) is 41.0 Å². The second kappa shape index (κ2) is 6.78. The van der Waals surface area contributed by atoms with Gasteiger partial charge in [-0.2, -0.15) is 0 Å². The summed E-state index contributed by atoms with van der Waals surface area (Å²) < 4.78 is 0. The Kier molecular flexibility index (Phi) is 4.47. The van der Waals surface area contributed by atoms with Crippen LogP contribution < -0.4 is 4.90 Å². The summed E-state index contributed by atoms with van der Waals surface area (Å²) in [5, 5.41) is 2.39. The van der Waals surface area contributed by atoms with Crippen molar-refractivity contribution in [1.29, 1.82) is 0 Å². The van der Waals surface area contributed by atoms with Crippen LogP contribution >= 0.6 is 23.2 Å². The maximum absolute atomic E-state index is 6.31. The van der Waals surface area contributed by atoms with E-state index in [1.54, 1.807) is 12.4 Å². The van der Waals surface area contributed by atoms with Crippen LogP contribution in [-0.2, 0) is 0 Å². The molecule has 0 radical (unpaired) electrons. The molecule has 26 heavy (non-hydrogen) atoms. The van der Waals surface area contributed by atoms with Crippen molar-refractivity contribution in [2.45, 2.75) is 13.3 Å². The lowest BCUT2D eigenvalue weighted by Gasteiger charge is -2.31. The minimum atomic E-state index is 0.540. The summed E-state index contributed by atoms with van der Waals surface area (Å²) in [4.78, 5) is 14.1. The second-order valence-corrected chi connectivity index (χ2v) is 7.28. The number of rotatable bonds is 2. The molecule has 1 aliphatic rings. The first-order valence-corrected chi connectivity index (χ1v) is 9.16. The molecule has 0 amide bonds. The van der Waals surface area contributed by atoms with Gasteiger partial charge in [0, 0.05) is 24.7 Å². The number of nitrogens with one attached hydrogen (secondary N) is 1. The van der Waals surface area contributed by atoms with Gasteiger partial charge in [0.1, 0.15) is 0 Å². The molecular formula is C20H18Cl2N4. The number of benzene rings is 1. The van der Waals surface area contributed by atoms with E-state index in [4.69, 9.17) is 23.2 Å². The van der Waals surface area contributed by atoms with E-state index in [0.29, 0.717) is 11.0 Å². The lowest BCUT2D eigenvalue weighted by atomic mass is 9.90. The Labute approximate surface area is 162 Å². The van der Waals surface area contributed by atoms with Crippen molar-refractivity contribution in [2.75, 3.05) is 18.0 Å². The first-order valence-electron chi connectivity index (χ1n) is 8.41. The minimum Gasteiger partial charge on any atom is -0.360 e. The third-order valence-electron chi connectivity index (χ3n) is 4.88. The topological polar surface area (TPSA) is 44.8 Å². The number of fused-ring (bicyclic) bond motifs is 1. The van der Waals surface area contributed by atoms with Gasteiger partial charge in [0.15, 0.2) is 0 Å². The van der Waals surface area contributed by atoms with Gasteiger partial charge >= 0.3 is 0 Å². The average molecular weight is 385 g/mol. The highest BCUT2D eigenvalue weighted by molar-refractivity contribution is 6.35. The predicted molar refractivity (Wildman–Crippen MR) is 109 cm³/mol. The Hall–Kier alpha value is -2.30. The quantitative estimate of drug-likeness (QED) is 0.633. The molecule has 1 aromatic carbocycles. The molecule has 4 nitrogen and oxygen atoms in total. The molecule has 0 saturated carbocycles. The lowest BCUT2D eigenvalue weighted by Crippen LogP contribution is -2.33. The zero-order chi connectivity index (χ0) is 18.3. The van der Waals surface area contributed by atoms with E-state index in [9.17, 15) is 0 Å². The monoisotopic (exact) mass is 384 g/mol. The SMILES string of the molecule is C=C1CCN(c2ncc(Cl)cn2)C/C1=C(/C)c1ccc(Cl)c2[nH]ccc12. The minimum absolute atomic E-state index is 0.540. The smallest absolute Gasteiger partial charge is 0.225 e. The maximum Gasteiger partial charge on any atom is 0.225 e. The van der Waals surface area contributed by atoms with Crippen molar-refractivity contribution < 1.29 is 0 Å². The first-order chi connectivity index (χ1) is 12.5. The van der Waals surface area contributed by atoms with E-state index < -0.39 is 0 Å². The number of aromatic nitrogens is 3. The Morgan fingerprint density at radius 1 is 1.19 bits per heavy atom. The summed E-state index contributed by atoms with van der Waals surface area (Å²) in [5.41, 5.74) is 5.71. The van der Waals surface area contributed by atoms with Gasteiger partial charge in [-0.1, -0.05) is 35.8 Å². The Morgan fingerprint density at radius 3 is 2.73 bits per heavy atom. The second-order valence-electron chi connectivity index (χ2n) is 6.44. The Morgan fingerprint density at radius 2 is 1.96 bits per heavy atom. The van der Waals surface area contributed by atoms with Gasteiger partial charge in [0.25, 0.3) is 0 Å². The van der Waals surface area contributed by atoms with Crippen molar-refractivity contribution in [1.82, 2.24) is 15.0 Å². The summed E-state index contributed by atoms with van der Waals surface area (Å²) in [6.45, 7) is 8.00. The summed E-state index contributed by atoms with van der Waals surface area (Å²) in [7, 11) is 0. The van der Waals surface area contributed by atoms with Crippen molar-refractivity contribution in [3.63, 3.8) is 0 Å². The van der Waals surface area contributed by atoms with Crippen molar-refractivity contribution >= 4 is 45.6 Å². The first kappa shape index (κ1) is 17.1. The molecule has 2 aromatic heterocycles. The Bertz CT molecular complexity index is 1020. The summed E-state index contributed by atoms with van der Waals surface area (Å²) in [6, 6.07) is 6.07. The van der Waals surface area contributed by atoms with E-state index in [1.165, 1.54) is 16.7 Å². The van der Waals surface area contributed by atoms with Crippen molar-refractivity contribution in [3.05, 3.63) is 70.1 Å². The predicted octanol–water partition coefficient (Wildman–Crippen LogP) is 5.50. The van der Waals surface area contributed by atoms with Gasteiger partial charge in [0.2, 0.25) is 5.95 Å². The lowest BCUT2D eigenvalue weighted by molar-refractivity contribution is 0.743. The number of aromatic amines is 1. The number of H-pyrrole nitrogens is 1. The number of anilines is 1. The van der Waals surface area contributed by atoms with Gasteiger partial charge in [-0.15, -0.1) is 0 Å². The highest BCUT2D eigenvalue weighted by Gasteiger charge is 2.22. The van der Waals surface area contributed by atoms with Crippen LogP contribution in [0.5, 0.6) is 0 Å². The summed E-state index contributed by atoms with van der Waals surface area (Å²) in [5.74, 6) is 0.690. The number of allylic oxidation sites excluding steroid dienone is 1. The molecule has 1 saturated heterocycles. The summed E-state index contributed by atoms with van der Waals surface area (Å²) in [6.07, 6.45) is 6.06.